The van der Waals surface area contributed by atoms with E-state index in [1.807, 2.05) is 0 Å². The average molecular weight is 144 g/mol. The normalized spacial score (nSPS) is 11.9. The van der Waals surface area contributed by atoms with Gasteiger partial charge in [-0.3, -0.25) is 0 Å². The van der Waals surface area contributed by atoms with Crippen LogP contribution in [0.5, 0.6) is 0 Å². The van der Waals surface area contributed by atoms with Crippen LogP contribution in [0.1, 0.15) is 6.92 Å². The molecule has 0 rings (SSSR count). The van der Waals surface area contributed by atoms with Gasteiger partial charge in [-0.05, 0) is 6.92 Å². The van der Waals surface area contributed by atoms with Crippen LogP contribution < -0.4 is 0 Å². The number of hydrogen-bond acceptors (Lipinski definition) is 3. The number of aliphatic hydroxyl groups excluding tert-OH is 2. The van der Waals surface area contributed by atoms with Crippen LogP contribution in [0.25, 0.3) is 0 Å². The van der Waals surface area contributed by atoms with Crippen LogP contribution in [0.3, 0.4) is 0 Å². The Balaban J connectivity index is 3.18. The van der Waals surface area contributed by atoms with Gasteiger partial charge < -0.3 is 14.9 Å². The van der Waals surface area contributed by atoms with Gasteiger partial charge in [-0.25, -0.2) is 0 Å². The van der Waals surface area contributed by atoms with E-state index < -0.39 is 0 Å². The molecule has 0 saturated carbocycles. The molecule has 0 spiro atoms. The number of hydrogen-bond donors (Lipinski definition) is 2. The molecule has 0 heterocycles. The first-order valence-electron chi connectivity index (χ1n) is 3.10. The lowest BCUT2D eigenvalue weighted by atomic mass is 10.4. The molecule has 3 heteroatoms. The highest BCUT2D eigenvalue weighted by Crippen LogP contribution is 1.85. The molecule has 0 bridgehead atoms. The third-order valence-corrected chi connectivity index (χ3v) is 0.901. The fraction of sp³-hybridized carbons (Fsp3) is 0.714. The predicted molar refractivity (Wildman–Crippen MR) is 37.4 cm³/mol. The maximum atomic E-state index is 8.47. The highest BCUT2D eigenvalue weighted by molar-refractivity contribution is 4.98. The summed E-state index contributed by atoms with van der Waals surface area (Å²) >= 11 is 0. The lowest BCUT2D eigenvalue weighted by Crippen LogP contribution is -2.12. The van der Waals surface area contributed by atoms with Crippen molar-refractivity contribution >= 4 is 0 Å². The minimum absolute atomic E-state index is 0.000799. The van der Waals surface area contributed by atoms with Crippen LogP contribution in [-0.2, 0) is 4.74 Å². The van der Waals surface area contributed by atoms with Gasteiger partial charge in [0, 0.05) is 0 Å². The topological polar surface area (TPSA) is 49.7 Å². The molecule has 0 aromatic heterocycles. The first kappa shape index (κ1) is 9.44. The molecule has 0 saturated heterocycles. The summed E-state index contributed by atoms with van der Waals surface area (Å²) in [5.74, 6) is 4.99. The quantitative estimate of drug-likeness (QED) is 0.519. The van der Waals surface area contributed by atoms with E-state index in [-0.39, 0.29) is 25.9 Å². The first-order chi connectivity index (χ1) is 4.81. The summed E-state index contributed by atoms with van der Waals surface area (Å²) in [6, 6.07) is 0. The SMILES string of the molecule is CC(CO)OCC#CCO. The molecule has 2 N–H and O–H groups in total. The molecule has 0 aliphatic heterocycles. The van der Waals surface area contributed by atoms with E-state index in [9.17, 15) is 0 Å². The molecule has 0 amide bonds. The van der Waals surface area contributed by atoms with Crippen molar-refractivity contribution in [3.63, 3.8) is 0 Å². The van der Waals surface area contributed by atoms with Crippen LogP contribution >= 0.6 is 0 Å². The number of aliphatic hydroxyl groups is 2. The van der Waals surface area contributed by atoms with Gasteiger partial charge in [0.2, 0.25) is 0 Å². The molecule has 0 aromatic carbocycles. The first-order valence-corrected chi connectivity index (χ1v) is 3.10. The van der Waals surface area contributed by atoms with Crippen molar-refractivity contribution in [3.8, 4) is 11.8 Å². The zero-order valence-corrected chi connectivity index (χ0v) is 6.00. The zero-order chi connectivity index (χ0) is 7.82. The third kappa shape index (κ3) is 5.57. The smallest absolute Gasteiger partial charge is 0.108 e. The Bertz CT molecular complexity index is 123. The molecule has 1 atom stereocenters. The molecule has 0 aliphatic carbocycles. The van der Waals surface area contributed by atoms with E-state index in [2.05, 4.69) is 11.8 Å². The molecule has 0 aromatic rings. The van der Waals surface area contributed by atoms with Gasteiger partial charge in [-0.1, -0.05) is 11.8 Å². The molecule has 0 fully saturated rings. The van der Waals surface area contributed by atoms with Crippen LogP contribution in [0, 0.1) is 11.8 Å². The summed E-state index contributed by atoms with van der Waals surface area (Å²) in [5, 5.41) is 16.7. The van der Waals surface area contributed by atoms with Gasteiger partial charge >= 0.3 is 0 Å². The Morgan fingerprint density at radius 3 is 2.60 bits per heavy atom. The van der Waals surface area contributed by atoms with Crippen molar-refractivity contribution in [1.82, 2.24) is 0 Å². The molecule has 10 heavy (non-hydrogen) atoms. The van der Waals surface area contributed by atoms with Gasteiger partial charge in [0.1, 0.15) is 13.2 Å². The molecular weight excluding hydrogens is 132 g/mol. The second-order valence-electron chi connectivity index (χ2n) is 1.82. The van der Waals surface area contributed by atoms with Gasteiger partial charge in [-0.2, -0.15) is 0 Å². The van der Waals surface area contributed by atoms with E-state index in [4.69, 9.17) is 14.9 Å². The van der Waals surface area contributed by atoms with Gasteiger partial charge in [0.25, 0.3) is 0 Å². The monoisotopic (exact) mass is 144 g/mol. The summed E-state index contributed by atoms with van der Waals surface area (Å²) in [6.45, 7) is 1.88. The Labute approximate surface area is 60.6 Å². The molecular formula is C7H12O3. The molecule has 58 valence electrons. The van der Waals surface area contributed by atoms with Gasteiger partial charge in [0.15, 0.2) is 0 Å². The minimum atomic E-state index is -0.173. The minimum Gasteiger partial charge on any atom is -0.394 e. The third-order valence-electron chi connectivity index (χ3n) is 0.901. The number of rotatable bonds is 3. The summed E-state index contributed by atoms with van der Waals surface area (Å²) in [6.07, 6.45) is -0.173. The maximum absolute atomic E-state index is 8.47. The Morgan fingerprint density at radius 2 is 2.10 bits per heavy atom. The Hall–Kier alpha value is -0.560. The van der Waals surface area contributed by atoms with E-state index in [1.165, 1.54) is 0 Å². The Morgan fingerprint density at radius 1 is 1.40 bits per heavy atom. The largest absolute Gasteiger partial charge is 0.394 e. The standard InChI is InChI=1S/C7H12O3/c1-7(6-9)10-5-3-2-4-8/h7-9H,4-6H2,1H3. The summed E-state index contributed by atoms with van der Waals surface area (Å²) in [5.41, 5.74) is 0. The fourth-order valence-electron chi connectivity index (χ4n) is 0.344. The van der Waals surface area contributed by atoms with Crippen molar-refractivity contribution in [2.75, 3.05) is 19.8 Å². The average Bonchev–Trinajstić information content (AvgIpc) is 1.98. The highest BCUT2D eigenvalue weighted by Gasteiger charge is 1.94. The predicted octanol–water partition coefficient (Wildman–Crippen LogP) is -0.620. The highest BCUT2D eigenvalue weighted by atomic mass is 16.5. The molecule has 0 aliphatic rings. The van der Waals surface area contributed by atoms with Crippen LogP contribution in [0.2, 0.25) is 0 Å². The van der Waals surface area contributed by atoms with E-state index in [0.717, 1.165) is 0 Å². The van der Waals surface area contributed by atoms with Crippen molar-refractivity contribution < 1.29 is 14.9 Å². The number of ether oxygens (including phenoxy) is 1. The lowest BCUT2D eigenvalue weighted by Gasteiger charge is -2.04. The molecule has 3 nitrogen and oxygen atoms in total. The van der Waals surface area contributed by atoms with Crippen molar-refractivity contribution in [1.29, 1.82) is 0 Å². The second-order valence-corrected chi connectivity index (χ2v) is 1.82. The van der Waals surface area contributed by atoms with Gasteiger partial charge in [0.05, 0.1) is 12.7 Å². The van der Waals surface area contributed by atoms with E-state index >= 15 is 0 Å². The molecule has 1 unspecified atom stereocenters. The zero-order valence-electron chi connectivity index (χ0n) is 6.00. The van der Waals surface area contributed by atoms with Crippen molar-refractivity contribution in [2.24, 2.45) is 0 Å². The summed E-state index contributed by atoms with van der Waals surface area (Å²) in [4.78, 5) is 0. The van der Waals surface area contributed by atoms with Crippen molar-refractivity contribution in [2.45, 2.75) is 13.0 Å². The fourth-order valence-corrected chi connectivity index (χ4v) is 0.344. The van der Waals surface area contributed by atoms with Gasteiger partial charge in [-0.15, -0.1) is 0 Å². The van der Waals surface area contributed by atoms with E-state index in [1.54, 1.807) is 6.92 Å². The van der Waals surface area contributed by atoms with Crippen LogP contribution in [0.4, 0.5) is 0 Å². The van der Waals surface area contributed by atoms with E-state index in [0.29, 0.717) is 0 Å². The summed E-state index contributed by atoms with van der Waals surface area (Å²) < 4.78 is 4.96. The lowest BCUT2D eigenvalue weighted by molar-refractivity contribution is 0.0439. The maximum Gasteiger partial charge on any atom is 0.108 e. The Kier molecular flexibility index (Phi) is 6.19. The van der Waals surface area contributed by atoms with Crippen LogP contribution in [-0.4, -0.2) is 36.1 Å². The summed E-state index contributed by atoms with van der Waals surface area (Å²) in [7, 11) is 0. The van der Waals surface area contributed by atoms with Crippen LogP contribution in [0.15, 0.2) is 0 Å². The second kappa shape index (κ2) is 6.56. The molecule has 0 radical (unpaired) electrons. The van der Waals surface area contributed by atoms with Crippen molar-refractivity contribution in [3.05, 3.63) is 0 Å².